The molecule has 0 aromatic carbocycles. The molecule has 0 atom stereocenters. The van der Waals surface area contributed by atoms with Gasteiger partial charge in [0.05, 0.1) is 0 Å². The van der Waals surface area contributed by atoms with Crippen molar-refractivity contribution in [1.29, 1.82) is 0 Å². The molecule has 0 spiro atoms. The highest BCUT2D eigenvalue weighted by atomic mass is 16.1. The Kier molecular flexibility index (Phi) is 7.53. The summed E-state index contributed by atoms with van der Waals surface area (Å²) in [5.41, 5.74) is 3.51. The number of allylic oxidation sites excluding steroid dienone is 6. The van der Waals surface area contributed by atoms with Crippen molar-refractivity contribution >= 4 is 5.78 Å². The second kappa shape index (κ2) is 8.09. The SMILES string of the molecule is [CH2]C=C(C)CCC=C(C)CC(=O)C=C(C)C. The maximum absolute atomic E-state index is 11.5. The highest BCUT2D eigenvalue weighted by Gasteiger charge is 1.98. The van der Waals surface area contributed by atoms with Gasteiger partial charge in [-0.25, -0.2) is 0 Å². The van der Waals surface area contributed by atoms with Crippen LogP contribution in [0.5, 0.6) is 0 Å². The third-order valence-electron chi connectivity index (χ3n) is 2.28. The summed E-state index contributed by atoms with van der Waals surface area (Å²) in [5, 5.41) is 0. The molecule has 0 aliphatic rings. The first kappa shape index (κ1) is 14.9. The molecule has 16 heavy (non-hydrogen) atoms. The van der Waals surface area contributed by atoms with E-state index in [0.29, 0.717) is 6.42 Å². The first-order valence-corrected chi connectivity index (χ1v) is 5.74. The zero-order chi connectivity index (χ0) is 12.6. The quantitative estimate of drug-likeness (QED) is 0.477. The van der Waals surface area contributed by atoms with Crippen molar-refractivity contribution in [3.63, 3.8) is 0 Å². The molecule has 1 radical (unpaired) electrons. The summed E-state index contributed by atoms with van der Waals surface area (Å²) >= 11 is 0. The van der Waals surface area contributed by atoms with Crippen LogP contribution in [0.2, 0.25) is 0 Å². The lowest BCUT2D eigenvalue weighted by Gasteiger charge is -2.00. The van der Waals surface area contributed by atoms with Gasteiger partial charge in [0.1, 0.15) is 0 Å². The minimum Gasteiger partial charge on any atom is -0.295 e. The second-order valence-corrected chi connectivity index (χ2v) is 4.50. The molecule has 0 heterocycles. The summed E-state index contributed by atoms with van der Waals surface area (Å²) in [4.78, 5) is 11.5. The predicted octanol–water partition coefficient (Wildman–Crippen LogP) is 4.42. The van der Waals surface area contributed by atoms with E-state index in [-0.39, 0.29) is 5.78 Å². The van der Waals surface area contributed by atoms with Crippen LogP contribution in [-0.2, 0) is 4.79 Å². The van der Waals surface area contributed by atoms with E-state index in [1.807, 2.05) is 26.8 Å². The zero-order valence-corrected chi connectivity index (χ0v) is 11.0. The first-order chi connectivity index (χ1) is 7.45. The molecule has 1 nitrogen and oxygen atoms in total. The van der Waals surface area contributed by atoms with Gasteiger partial charge in [0.2, 0.25) is 0 Å². The molecule has 0 fully saturated rings. The van der Waals surface area contributed by atoms with Crippen molar-refractivity contribution in [1.82, 2.24) is 0 Å². The minimum absolute atomic E-state index is 0.193. The lowest BCUT2D eigenvalue weighted by molar-refractivity contribution is -0.114. The number of carbonyl (C=O) groups is 1. The molecule has 0 saturated carbocycles. The van der Waals surface area contributed by atoms with E-state index in [0.717, 1.165) is 24.0 Å². The highest BCUT2D eigenvalue weighted by Crippen LogP contribution is 2.09. The van der Waals surface area contributed by atoms with E-state index < -0.39 is 0 Å². The smallest absolute Gasteiger partial charge is 0.159 e. The first-order valence-electron chi connectivity index (χ1n) is 5.74. The molecule has 0 aromatic heterocycles. The van der Waals surface area contributed by atoms with Crippen LogP contribution in [0.4, 0.5) is 0 Å². The summed E-state index contributed by atoms with van der Waals surface area (Å²) in [7, 11) is 0. The molecule has 0 amide bonds. The Hall–Kier alpha value is -1.11. The fourth-order valence-corrected chi connectivity index (χ4v) is 1.37. The van der Waals surface area contributed by atoms with Crippen molar-refractivity contribution in [2.24, 2.45) is 0 Å². The Bertz CT molecular complexity index is 312. The largest absolute Gasteiger partial charge is 0.295 e. The topological polar surface area (TPSA) is 17.1 Å². The number of carbonyl (C=O) groups excluding carboxylic acids is 1. The number of ketones is 1. The lowest BCUT2D eigenvalue weighted by Crippen LogP contribution is -1.94. The summed E-state index contributed by atoms with van der Waals surface area (Å²) in [6.45, 7) is 11.7. The van der Waals surface area contributed by atoms with Gasteiger partial charge in [-0.2, -0.15) is 0 Å². The molecule has 0 unspecified atom stereocenters. The number of hydrogen-bond acceptors (Lipinski definition) is 1. The van der Waals surface area contributed by atoms with Crippen molar-refractivity contribution in [3.05, 3.63) is 41.9 Å². The van der Waals surface area contributed by atoms with Crippen LogP contribution >= 0.6 is 0 Å². The van der Waals surface area contributed by atoms with Crippen LogP contribution in [-0.4, -0.2) is 5.78 Å². The summed E-state index contributed by atoms with van der Waals surface area (Å²) in [6, 6.07) is 0. The Labute approximate surface area is 99.9 Å². The molecule has 0 rings (SSSR count). The molecule has 0 aliphatic carbocycles. The van der Waals surface area contributed by atoms with Gasteiger partial charge >= 0.3 is 0 Å². The lowest BCUT2D eigenvalue weighted by atomic mass is 10.1. The molecule has 89 valence electrons. The maximum Gasteiger partial charge on any atom is 0.159 e. The summed E-state index contributed by atoms with van der Waals surface area (Å²) in [5.74, 6) is 0.193. The third kappa shape index (κ3) is 8.22. The fourth-order valence-electron chi connectivity index (χ4n) is 1.37. The predicted molar refractivity (Wildman–Crippen MR) is 71.2 cm³/mol. The maximum atomic E-state index is 11.5. The third-order valence-corrected chi connectivity index (χ3v) is 2.28. The molecule has 0 aliphatic heterocycles. The van der Waals surface area contributed by atoms with Gasteiger partial charge in [0.25, 0.3) is 0 Å². The van der Waals surface area contributed by atoms with Gasteiger partial charge in [-0.3, -0.25) is 4.79 Å². The van der Waals surface area contributed by atoms with Crippen LogP contribution in [0.3, 0.4) is 0 Å². The molecule has 1 heteroatoms. The van der Waals surface area contributed by atoms with Gasteiger partial charge in [0.15, 0.2) is 5.78 Å². The fraction of sp³-hybridized carbons (Fsp3) is 0.467. The normalized spacial score (nSPS) is 12.6. The van der Waals surface area contributed by atoms with Crippen molar-refractivity contribution in [2.45, 2.75) is 47.0 Å². The molecular weight excluding hydrogens is 196 g/mol. The Balaban J connectivity index is 4.06. The van der Waals surface area contributed by atoms with Crippen LogP contribution < -0.4 is 0 Å². The van der Waals surface area contributed by atoms with Gasteiger partial charge in [0, 0.05) is 6.42 Å². The molecule has 0 saturated heterocycles. The van der Waals surface area contributed by atoms with Crippen molar-refractivity contribution in [3.8, 4) is 0 Å². The number of hydrogen-bond donors (Lipinski definition) is 0. The summed E-state index contributed by atoms with van der Waals surface area (Å²) < 4.78 is 0. The number of rotatable bonds is 6. The average molecular weight is 219 g/mol. The minimum atomic E-state index is 0.193. The van der Waals surface area contributed by atoms with Crippen LogP contribution in [0.15, 0.2) is 34.9 Å². The molecular formula is C15H23O. The van der Waals surface area contributed by atoms with E-state index in [1.165, 1.54) is 5.57 Å². The van der Waals surface area contributed by atoms with Crippen LogP contribution in [0.25, 0.3) is 0 Å². The standard InChI is InChI=1S/C15H23O/c1-6-13(4)8-7-9-14(5)11-15(16)10-12(2)3/h6,9-10H,1,7-8,11H2,2-5H3. The van der Waals surface area contributed by atoms with E-state index in [9.17, 15) is 4.79 Å². The molecule has 0 N–H and O–H groups in total. The van der Waals surface area contributed by atoms with Gasteiger partial charge in [-0.05, 0) is 53.5 Å². The van der Waals surface area contributed by atoms with E-state index in [4.69, 9.17) is 0 Å². The van der Waals surface area contributed by atoms with Crippen LogP contribution in [0, 0.1) is 6.92 Å². The molecule has 0 bridgehead atoms. The highest BCUT2D eigenvalue weighted by molar-refractivity contribution is 5.91. The van der Waals surface area contributed by atoms with E-state index in [1.54, 1.807) is 6.08 Å². The van der Waals surface area contributed by atoms with Gasteiger partial charge in [-0.15, -0.1) is 0 Å². The zero-order valence-electron chi connectivity index (χ0n) is 11.0. The van der Waals surface area contributed by atoms with Crippen molar-refractivity contribution < 1.29 is 4.79 Å². The average Bonchev–Trinajstić information content (AvgIpc) is 2.15. The second-order valence-electron chi connectivity index (χ2n) is 4.50. The Morgan fingerprint density at radius 2 is 1.75 bits per heavy atom. The van der Waals surface area contributed by atoms with E-state index >= 15 is 0 Å². The molecule has 0 aromatic rings. The van der Waals surface area contributed by atoms with Crippen LogP contribution in [0.1, 0.15) is 47.0 Å². The van der Waals surface area contributed by atoms with E-state index in [2.05, 4.69) is 19.9 Å². The summed E-state index contributed by atoms with van der Waals surface area (Å²) in [6.07, 6.45) is 8.29. The van der Waals surface area contributed by atoms with Gasteiger partial charge in [-0.1, -0.05) is 28.9 Å². The Morgan fingerprint density at radius 1 is 1.12 bits per heavy atom. The monoisotopic (exact) mass is 219 g/mol. The Morgan fingerprint density at radius 3 is 2.25 bits per heavy atom. The van der Waals surface area contributed by atoms with Gasteiger partial charge < -0.3 is 0 Å². The van der Waals surface area contributed by atoms with Crippen molar-refractivity contribution in [2.75, 3.05) is 0 Å².